The molecule has 6 nitrogen and oxygen atoms in total. The normalized spacial score (nSPS) is 44.5. The van der Waals surface area contributed by atoms with Crippen molar-refractivity contribution in [3.63, 3.8) is 0 Å². The Hall–Kier alpha value is -1.63. The van der Waals surface area contributed by atoms with Gasteiger partial charge in [0.05, 0.1) is 17.3 Å². The van der Waals surface area contributed by atoms with E-state index in [2.05, 4.69) is 6.92 Å². The summed E-state index contributed by atoms with van der Waals surface area (Å²) in [5.74, 6) is -0.939. The predicted molar refractivity (Wildman–Crippen MR) is 102 cm³/mol. The summed E-state index contributed by atoms with van der Waals surface area (Å²) in [5, 5.41) is 32.2. The maximum absolute atomic E-state index is 12.8. The minimum Gasteiger partial charge on any atom is -0.508 e. The van der Waals surface area contributed by atoms with Crippen LogP contribution in [-0.4, -0.2) is 50.8 Å². The Morgan fingerprint density at radius 2 is 1.86 bits per heavy atom. The van der Waals surface area contributed by atoms with Gasteiger partial charge in [0.1, 0.15) is 23.6 Å². The number of aromatic hydroxyl groups is 1. The highest BCUT2D eigenvalue weighted by molar-refractivity contribution is 5.89. The number of epoxide rings is 1. The lowest BCUT2D eigenvalue weighted by molar-refractivity contribution is -0.152. The minimum absolute atomic E-state index is 0.0375. The molecule has 6 heteroatoms. The molecule has 1 heterocycles. The van der Waals surface area contributed by atoms with Crippen LogP contribution < -0.4 is 0 Å². The first-order valence-electron chi connectivity index (χ1n) is 10.1. The molecule has 3 fully saturated rings. The molecule has 28 heavy (non-hydrogen) atoms. The summed E-state index contributed by atoms with van der Waals surface area (Å²) in [5.41, 5.74) is -1.78. The number of phenolic OH excluding ortho intramolecular Hbond substituents is 1. The minimum atomic E-state index is -1.03. The van der Waals surface area contributed by atoms with Gasteiger partial charge < -0.3 is 24.8 Å². The van der Waals surface area contributed by atoms with E-state index in [1.54, 1.807) is 0 Å². The number of rotatable bonds is 3. The SMILES string of the molecule is CC(C)[C@]1(O)CC[C@]2(C)C[C@@H]3O[C@]3(C)[C@H](O)[C@H](OC(=O)c3ccc(O)cc3)[C@H]21. The summed E-state index contributed by atoms with van der Waals surface area (Å²) in [7, 11) is 0. The number of hydrogen-bond donors (Lipinski definition) is 3. The third-order valence-electron chi connectivity index (χ3n) is 7.59. The lowest BCUT2D eigenvalue weighted by Crippen LogP contribution is -2.55. The fraction of sp³-hybridized carbons (Fsp3) is 0.682. The summed E-state index contributed by atoms with van der Waals surface area (Å²) >= 11 is 0. The van der Waals surface area contributed by atoms with E-state index in [0.717, 1.165) is 12.8 Å². The lowest BCUT2D eigenvalue weighted by atomic mass is 9.67. The number of carbonyl (C=O) groups is 1. The fourth-order valence-electron chi connectivity index (χ4n) is 5.59. The van der Waals surface area contributed by atoms with Crippen LogP contribution in [0.4, 0.5) is 0 Å². The van der Waals surface area contributed by atoms with Crippen LogP contribution in [0.2, 0.25) is 0 Å². The molecule has 2 saturated carbocycles. The van der Waals surface area contributed by atoms with E-state index >= 15 is 0 Å². The summed E-state index contributed by atoms with van der Waals surface area (Å²) in [6.45, 7) is 7.91. The Balaban J connectivity index is 1.72. The quantitative estimate of drug-likeness (QED) is 0.542. The third kappa shape index (κ3) is 2.77. The molecule has 0 unspecified atom stereocenters. The molecule has 0 amide bonds. The molecule has 3 aliphatic rings. The molecule has 1 aliphatic heterocycles. The van der Waals surface area contributed by atoms with E-state index in [4.69, 9.17) is 9.47 Å². The molecule has 154 valence electrons. The number of esters is 1. The number of ether oxygens (including phenoxy) is 2. The molecule has 0 aromatic heterocycles. The second kappa shape index (κ2) is 6.18. The first kappa shape index (κ1) is 19.7. The van der Waals surface area contributed by atoms with E-state index < -0.39 is 29.4 Å². The molecule has 0 spiro atoms. The van der Waals surface area contributed by atoms with E-state index in [9.17, 15) is 20.1 Å². The van der Waals surface area contributed by atoms with Crippen LogP contribution in [-0.2, 0) is 9.47 Å². The van der Waals surface area contributed by atoms with Crippen LogP contribution >= 0.6 is 0 Å². The molecule has 0 bridgehead atoms. The van der Waals surface area contributed by atoms with Crippen molar-refractivity contribution in [2.45, 2.75) is 76.5 Å². The number of carbonyl (C=O) groups excluding carboxylic acids is 1. The number of aliphatic hydroxyl groups excluding tert-OH is 1. The van der Waals surface area contributed by atoms with Gasteiger partial charge >= 0.3 is 5.97 Å². The van der Waals surface area contributed by atoms with Gasteiger partial charge in [0.2, 0.25) is 0 Å². The highest BCUT2D eigenvalue weighted by Crippen LogP contribution is 2.63. The highest BCUT2D eigenvalue weighted by atomic mass is 16.6. The number of benzene rings is 1. The van der Waals surface area contributed by atoms with Crippen LogP contribution in [0.25, 0.3) is 0 Å². The van der Waals surface area contributed by atoms with Gasteiger partial charge in [-0.05, 0) is 61.8 Å². The van der Waals surface area contributed by atoms with Crippen LogP contribution in [0.3, 0.4) is 0 Å². The molecular weight excluding hydrogens is 360 g/mol. The maximum atomic E-state index is 12.8. The lowest BCUT2D eigenvalue weighted by Gasteiger charge is -2.45. The summed E-state index contributed by atoms with van der Waals surface area (Å²) in [6.07, 6.45) is 0.139. The van der Waals surface area contributed by atoms with Crippen LogP contribution in [0, 0.1) is 17.3 Å². The first-order chi connectivity index (χ1) is 13.0. The Kier molecular flexibility index (Phi) is 4.34. The van der Waals surface area contributed by atoms with Crippen LogP contribution in [0.5, 0.6) is 5.75 Å². The molecule has 0 radical (unpaired) electrons. The van der Waals surface area contributed by atoms with Crippen molar-refractivity contribution in [3.8, 4) is 5.75 Å². The van der Waals surface area contributed by atoms with Crippen molar-refractivity contribution in [2.24, 2.45) is 17.3 Å². The molecule has 4 rings (SSSR count). The van der Waals surface area contributed by atoms with Crippen molar-refractivity contribution in [3.05, 3.63) is 29.8 Å². The largest absolute Gasteiger partial charge is 0.508 e. The fourth-order valence-corrected chi connectivity index (χ4v) is 5.59. The summed E-state index contributed by atoms with van der Waals surface area (Å²) < 4.78 is 11.7. The Bertz CT molecular complexity index is 776. The van der Waals surface area contributed by atoms with Gasteiger partial charge in [-0.3, -0.25) is 0 Å². The zero-order valence-corrected chi connectivity index (χ0v) is 16.9. The molecular formula is C22H30O6. The number of aliphatic hydroxyl groups is 2. The zero-order valence-electron chi connectivity index (χ0n) is 16.9. The van der Waals surface area contributed by atoms with Crippen LogP contribution in [0.1, 0.15) is 57.3 Å². The highest BCUT2D eigenvalue weighted by Gasteiger charge is 2.71. The Morgan fingerprint density at radius 1 is 1.21 bits per heavy atom. The summed E-state index contributed by atoms with van der Waals surface area (Å²) in [4.78, 5) is 12.8. The maximum Gasteiger partial charge on any atom is 0.338 e. The van der Waals surface area contributed by atoms with Gasteiger partial charge in [-0.15, -0.1) is 0 Å². The molecule has 2 aliphatic carbocycles. The molecule has 1 saturated heterocycles. The van der Waals surface area contributed by atoms with Gasteiger partial charge in [0, 0.05) is 5.92 Å². The van der Waals surface area contributed by atoms with Gasteiger partial charge in [0.15, 0.2) is 0 Å². The standard InChI is InChI=1S/C22H30O6/c1-12(2)22(26)10-9-20(3)11-15-21(4,28-15)18(24)16(17(20)22)27-19(25)13-5-7-14(23)8-6-13/h5-8,12,15-18,23-24,26H,9-11H2,1-4H3/t15-,16+,17+,18+,20+,21-,22+/m0/s1. The topological polar surface area (TPSA) is 99.5 Å². The Labute approximate surface area is 165 Å². The van der Waals surface area contributed by atoms with E-state index in [-0.39, 0.29) is 29.1 Å². The molecule has 3 N–H and O–H groups in total. The predicted octanol–water partition coefficient (Wildman–Crippen LogP) is 2.64. The van der Waals surface area contributed by atoms with E-state index in [1.165, 1.54) is 24.3 Å². The average molecular weight is 390 g/mol. The van der Waals surface area contributed by atoms with Crippen molar-refractivity contribution < 1.29 is 29.6 Å². The van der Waals surface area contributed by atoms with Gasteiger partial charge in [-0.25, -0.2) is 4.79 Å². The number of hydrogen-bond acceptors (Lipinski definition) is 6. The van der Waals surface area contributed by atoms with E-state index in [0.29, 0.717) is 12.0 Å². The second-order valence-electron chi connectivity index (χ2n) is 9.63. The Morgan fingerprint density at radius 3 is 2.46 bits per heavy atom. The number of phenols is 1. The van der Waals surface area contributed by atoms with Crippen molar-refractivity contribution >= 4 is 5.97 Å². The third-order valence-corrected chi connectivity index (χ3v) is 7.59. The van der Waals surface area contributed by atoms with Gasteiger partial charge in [-0.2, -0.15) is 0 Å². The van der Waals surface area contributed by atoms with Crippen LogP contribution in [0.15, 0.2) is 24.3 Å². The van der Waals surface area contributed by atoms with Crippen molar-refractivity contribution in [1.29, 1.82) is 0 Å². The molecule has 1 aromatic carbocycles. The van der Waals surface area contributed by atoms with Crippen molar-refractivity contribution in [2.75, 3.05) is 0 Å². The first-order valence-corrected chi connectivity index (χ1v) is 10.1. The van der Waals surface area contributed by atoms with Gasteiger partial charge in [-0.1, -0.05) is 20.8 Å². The molecule has 7 atom stereocenters. The number of fused-ring (bicyclic) bond motifs is 2. The molecule has 1 aromatic rings. The summed E-state index contributed by atoms with van der Waals surface area (Å²) in [6, 6.07) is 5.82. The van der Waals surface area contributed by atoms with Crippen molar-refractivity contribution in [1.82, 2.24) is 0 Å². The zero-order chi connectivity index (χ0) is 20.5. The smallest absolute Gasteiger partial charge is 0.338 e. The van der Waals surface area contributed by atoms with E-state index in [1.807, 2.05) is 20.8 Å². The van der Waals surface area contributed by atoms with Gasteiger partial charge in [0.25, 0.3) is 0 Å². The monoisotopic (exact) mass is 390 g/mol. The average Bonchev–Trinajstić information content (AvgIpc) is 3.20. The second-order valence-corrected chi connectivity index (χ2v) is 9.63.